The van der Waals surface area contributed by atoms with Crippen LogP contribution < -0.4 is 5.32 Å². The Labute approximate surface area is 127 Å². The average Bonchev–Trinajstić information content (AvgIpc) is 3.11. The van der Waals surface area contributed by atoms with Crippen molar-refractivity contribution in [3.05, 3.63) is 39.9 Å². The number of nitrogens with one attached hydrogen (secondary N) is 1. The van der Waals surface area contributed by atoms with Crippen LogP contribution in [0.3, 0.4) is 0 Å². The number of nitro benzene ring substituents is 1. The molecule has 2 aliphatic rings. The van der Waals surface area contributed by atoms with Gasteiger partial charge in [0.1, 0.15) is 6.17 Å². The summed E-state index contributed by atoms with van der Waals surface area (Å²) in [5, 5.41) is 14.4. The number of benzene rings is 1. The zero-order chi connectivity index (χ0) is 14.8. The second kappa shape index (κ2) is 6.03. The highest BCUT2D eigenvalue weighted by atomic mass is 32.2. The summed E-state index contributed by atoms with van der Waals surface area (Å²) in [6.07, 6.45) is 2.20. The summed E-state index contributed by atoms with van der Waals surface area (Å²) in [6, 6.07) is 6.43. The molecular weight excluding hydrogens is 290 g/mol. The van der Waals surface area contributed by atoms with Crippen molar-refractivity contribution in [2.24, 2.45) is 0 Å². The number of thioether (sulfide) groups is 1. The Kier molecular flexibility index (Phi) is 4.12. The highest BCUT2D eigenvalue weighted by molar-refractivity contribution is 8.00. The van der Waals surface area contributed by atoms with Crippen LogP contribution in [0.2, 0.25) is 0 Å². The molecule has 0 aliphatic carbocycles. The van der Waals surface area contributed by atoms with Gasteiger partial charge >= 0.3 is 0 Å². The van der Waals surface area contributed by atoms with Crippen molar-refractivity contribution in [2.75, 3.05) is 18.8 Å². The molecule has 2 saturated heterocycles. The lowest BCUT2D eigenvalue weighted by atomic mass is 10.1. The predicted molar refractivity (Wildman–Crippen MR) is 81.0 cm³/mol. The molecular formula is C14H17N3O3S. The highest BCUT2D eigenvalue weighted by Crippen LogP contribution is 2.31. The quantitative estimate of drug-likeness (QED) is 0.679. The molecule has 0 saturated carbocycles. The van der Waals surface area contributed by atoms with Crippen LogP contribution >= 0.6 is 11.8 Å². The van der Waals surface area contributed by atoms with Crippen LogP contribution in [0.1, 0.15) is 24.6 Å². The molecule has 1 aromatic rings. The third-order valence-electron chi connectivity index (χ3n) is 3.92. The summed E-state index contributed by atoms with van der Waals surface area (Å²) in [6.45, 7) is 1.08. The van der Waals surface area contributed by atoms with E-state index in [4.69, 9.17) is 0 Å². The molecule has 3 rings (SSSR count). The summed E-state index contributed by atoms with van der Waals surface area (Å²) in [4.78, 5) is 24.2. The largest absolute Gasteiger partial charge is 0.321 e. The van der Waals surface area contributed by atoms with Gasteiger partial charge in [0.05, 0.1) is 11.5 Å². The Morgan fingerprint density at radius 3 is 2.76 bits per heavy atom. The molecule has 0 spiro atoms. The molecule has 2 atom stereocenters. The molecule has 1 N–H and O–H groups in total. The fourth-order valence-electron chi connectivity index (χ4n) is 2.83. The van der Waals surface area contributed by atoms with E-state index in [0.29, 0.717) is 11.8 Å². The summed E-state index contributed by atoms with van der Waals surface area (Å²) in [7, 11) is 0. The first-order valence-corrected chi connectivity index (χ1v) is 8.09. The van der Waals surface area contributed by atoms with Crippen molar-refractivity contribution >= 4 is 23.4 Å². The van der Waals surface area contributed by atoms with Gasteiger partial charge in [-0.1, -0.05) is 0 Å². The van der Waals surface area contributed by atoms with E-state index in [0.717, 1.165) is 18.5 Å². The second-order valence-electron chi connectivity index (χ2n) is 5.31. The fraction of sp³-hybridized carbons (Fsp3) is 0.500. The van der Waals surface area contributed by atoms with E-state index in [2.05, 4.69) is 5.32 Å². The summed E-state index contributed by atoms with van der Waals surface area (Å²) < 4.78 is 0. The first-order chi connectivity index (χ1) is 10.1. The van der Waals surface area contributed by atoms with Gasteiger partial charge in [-0.25, -0.2) is 0 Å². The van der Waals surface area contributed by atoms with Crippen LogP contribution in [-0.4, -0.2) is 39.8 Å². The van der Waals surface area contributed by atoms with E-state index in [1.807, 2.05) is 16.7 Å². The van der Waals surface area contributed by atoms with Gasteiger partial charge in [-0.05, 0) is 36.3 Å². The Morgan fingerprint density at radius 1 is 1.38 bits per heavy atom. The van der Waals surface area contributed by atoms with E-state index in [1.54, 1.807) is 12.1 Å². The number of nitrogens with zero attached hydrogens (tertiary/aromatic N) is 2. The van der Waals surface area contributed by atoms with E-state index in [-0.39, 0.29) is 17.8 Å². The van der Waals surface area contributed by atoms with Crippen LogP contribution in [0.15, 0.2) is 24.3 Å². The van der Waals surface area contributed by atoms with Crippen LogP contribution in [0.5, 0.6) is 0 Å². The van der Waals surface area contributed by atoms with Crippen molar-refractivity contribution in [3.63, 3.8) is 0 Å². The van der Waals surface area contributed by atoms with Crippen molar-refractivity contribution < 1.29 is 9.72 Å². The van der Waals surface area contributed by atoms with E-state index >= 15 is 0 Å². The average molecular weight is 307 g/mol. The zero-order valence-electron chi connectivity index (χ0n) is 11.5. The number of hydrogen-bond acceptors (Lipinski definition) is 5. The molecule has 112 valence electrons. The Balaban J connectivity index is 1.75. The molecule has 1 amide bonds. The van der Waals surface area contributed by atoms with Gasteiger partial charge in [-0.3, -0.25) is 20.2 Å². The molecule has 0 bridgehead atoms. The molecule has 0 radical (unpaired) electrons. The van der Waals surface area contributed by atoms with Crippen molar-refractivity contribution in [1.29, 1.82) is 0 Å². The minimum atomic E-state index is -0.413. The van der Waals surface area contributed by atoms with Gasteiger partial charge < -0.3 is 4.90 Å². The maximum absolute atomic E-state index is 12.1. The lowest BCUT2D eigenvalue weighted by Crippen LogP contribution is -2.35. The number of hydrogen-bond donors (Lipinski definition) is 1. The maximum atomic E-state index is 12.1. The number of carbonyl (C=O) groups is 1. The number of amides is 1. The molecule has 0 aromatic heterocycles. The standard InChI is InChI=1S/C14H17N3O3S/c18-13-8-15-14(16(13)9-12-2-1-7-21-12)10-3-5-11(6-4-10)17(19)20/h3-6,12,14-15H,1-2,7-9H2. The monoisotopic (exact) mass is 307 g/mol. The van der Waals surface area contributed by atoms with Crippen molar-refractivity contribution in [2.45, 2.75) is 24.3 Å². The van der Waals surface area contributed by atoms with E-state index in [9.17, 15) is 14.9 Å². The lowest BCUT2D eigenvalue weighted by Gasteiger charge is -2.27. The number of carbonyl (C=O) groups excluding carboxylic acids is 1. The Bertz CT molecular complexity index is 543. The van der Waals surface area contributed by atoms with Gasteiger partial charge in [-0.2, -0.15) is 11.8 Å². The number of rotatable bonds is 4. The third-order valence-corrected chi connectivity index (χ3v) is 5.30. The SMILES string of the molecule is O=C1CNC(c2ccc([N+](=O)[O-])cc2)N1CC1CCCS1. The lowest BCUT2D eigenvalue weighted by molar-refractivity contribution is -0.384. The number of non-ortho nitro benzene ring substituents is 1. The number of nitro groups is 1. The third kappa shape index (κ3) is 3.03. The van der Waals surface area contributed by atoms with Gasteiger partial charge in [0.2, 0.25) is 5.91 Å². The van der Waals surface area contributed by atoms with Crippen molar-refractivity contribution in [3.8, 4) is 0 Å². The zero-order valence-corrected chi connectivity index (χ0v) is 12.3. The first kappa shape index (κ1) is 14.3. The smallest absolute Gasteiger partial charge is 0.269 e. The van der Waals surface area contributed by atoms with Crippen LogP contribution in [-0.2, 0) is 4.79 Å². The molecule has 6 nitrogen and oxygen atoms in total. The molecule has 2 aliphatic heterocycles. The van der Waals surface area contributed by atoms with Gasteiger partial charge in [-0.15, -0.1) is 0 Å². The summed E-state index contributed by atoms with van der Waals surface area (Å²) >= 11 is 1.92. The van der Waals surface area contributed by atoms with Crippen LogP contribution in [0.25, 0.3) is 0 Å². The van der Waals surface area contributed by atoms with Gasteiger partial charge in [0, 0.05) is 23.9 Å². The highest BCUT2D eigenvalue weighted by Gasteiger charge is 2.34. The summed E-state index contributed by atoms with van der Waals surface area (Å²) in [5.41, 5.74) is 0.968. The van der Waals surface area contributed by atoms with Gasteiger partial charge in [0.25, 0.3) is 5.69 Å². The van der Waals surface area contributed by atoms with Crippen molar-refractivity contribution in [1.82, 2.24) is 10.2 Å². The predicted octanol–water partition coefficient (Wildman–Crippen LogP) is 1.92. The molecule has 2 heterocycles. The fourth-order valence-corrected chi connectivity index (χ4v) is 4.10. The molecule has 21 heavy (non-hydrogen) atoms. The summed E-state index contributed by atoms with van der Waals surface area (Å²) in [5.74, 6) is 1.27. The normalized spacial score (nSPS) is 25.5. The Morgan fingerprint density at radius 2 is 2.14 bits per heavy atom. The van der Waals surface area contributed by atoms with Gasteiger partial charge in [0.15, 0.2) is 0 Å². The topological polar surface area (TPSA) is 75.5 Å². The van der Waals surface area contributed by atoms with Crippen LogP contribution in [0.4, 0.5) is 5.69 Å². The minimum absolute atomic E-state index is 0.0703. The first-order valence-electron chi connectivity index (χ1n) is 7.04. The molecule has 2 unspecified atom stereocenters. The Hall–Kier alpha value is -1.60. The molecule has 1 aromatic carbocycles. The maximum Gasteiger partial charge on any atom is 0.269 e. The molecule has 7 heteroatoms. The second-order valence-corrected chi connectivity index (χ2v) is 6.72. The van der Waals surface area contributed by atoms with E-state index in [1.165, 1.54) is 24.3 Å². The minimum Gasteiger partial charge on any atom is -0.321 e. The van der Waals surface area contributed by atoms with E-state index < -0.39 is 4.92 Å². The van der Waals surface area contributed by atoms with Crippen LogP contribution in [0, 0.1) is 10.1 Å². The molecule has 2 fully saturated rings.